The Kier molecular flexibility index (Phi) is 3.54. The van der Waals surface area contributed by atoms with Gasteiger partial charge in [-0.25, -0.2) is 14.8 Å². The molecule has 0 aliphatic heterocycles. The van der Waals surface area contributed by atoms with Crippen LogP contribution in [0.1, 0.15) is 17.4 Å². The van der Waals surface area contributed by atoms with Gasteiger partial charge in [0.1, 0.15) is 11.5 Å². The molecular weight excluding hydrogens is 210 g/mol. The Morgan fingerprint density at radius 2 is 2.06 bits per heavy atom. The Hall–Kier alpha value is -2.44. The Balaban J connectivity index is 2.94. The SMILES string of the molecule is CC(=O)Nc1cccc(C(=O)[NH+]=C(N)N)n1. The number of guanidine groups is 1. The molecule has 1 rings (SSSR count). The molecule has 0 spiro atoms. The summed E-state index contributed by atoms with van der Waals surface area (Å²) in [5.74, 6) is -0.727. The molecule has 0 fully saturated rings. The van der Waals surface area contributed by atoms with Crippen LogP contribution in [-0.4, -0.2) is 22.8 Å². The van der Waals surface area contributed by atoms with E-state index in [9.17, 15) is 9.59 Å². The van der Waals surface area contributed by atoms with Crippen molar-refractivity contribution in [1.82, 2.24) is 4.98 Å². The van der Waals surface area contributed by atoms with E-state index in [1.807, 2.05) is 0 Å². The number of nitrogens with zero attached hydrogens (tertiary/aromatic N) is 1. The van der Waals surface area contributed by atoms with Gasteiger partial charge in [0.15, 0.2) is 0 Å². The molecule has 0 saturated carbocycles. The van der Waals surface area contributed by atoms with E-state index in [0.717, 1.165) is 0 Å². The number of pyridine rings is 1. The van der Waals surface area contributed by atoms with Gasteiger partial charge in [-0.3, -0.25) is 16.3 Å². The molecule has 0 aromatic carbocycles. The monoisotopic (exact) mass is 222 g/mol. The van der Waals surface area contributed by atoms with Gasteiger partial charge in [-0.2, -0.15) is 0 Å². The molecule has 2 amide bonds. The second kappa shape index (κ2) is 4.87. The predicted molar refractivity (Wildman–Crippen MR) is 57.2 cm³/mol. The third-order valence-electron chi connectivity index (χ3n) is 1.54. The summed E-state index contributed by atoms with van der Waals surface area (Å²) in [6, 6.07) is 4.62. The summed E-state index contributed by atoms with van der Waals surface area (Å²) in [5, 5.41) is 2.45. The van der Waals surface area contributed by atoms with Crippen LogP contribution in [0.2, 0.25) is 0 Å². The van der Waals surface area contributed by atoms with E-state index in [-0.39, 0.29) is 23.4 Å². The minimum atomic E-state index is -0.535. The number of carbonyl (C=O) groups is 2. The van der Waals surface area contributed by atoms with Crippen molar-refractivity contribution in [3.8, 4) is 0 Å². The van der Waals surface area contributed by atoms with Gasteiger partial charge in [0, 0.05) is 6.92 Å². The van der Waals surface area contributed by atoms with E-state index in [1.54, 1.807) is 12.1 Å². The first-order valence-corrected chi connectivity index (χ1v) is 4.43. The lowest BCUT2D eigenvalue weighted by Crippen LogP contribution is -2.81. The summed E-state index contributed by atoms with van der Waals surface area (Å²) in [7, 11) is 0. The van der Waals surface area contributed by atoms with Crippen molar-refractivity contribution >= 4 is 23.6 Å². The second-order valence-corrected chi connectivity index (χ2v) is 3.00. The molecule has 1 aromatic heterocycles. The van der Waals surface area contributed by atoms with Gasteiger partial charge in [-0.15, -0.1) is 0 Å². The molecule has 1 heterocycles. The fraction of sp³-hybridized carbons (Fsp3) is 0.111. The quantitative estimate of drug-likeness (QED) is 0.326. The predicted octanol–water partition coefficient (Wildman–Crippen LogP) is -2.47. The maximum atomic E-state index is 11.4. The van der Waals surface area contributed by atoms with Crippen LogP contribution in [0.4, 0.5) is 5.82 Å². The van der Waals surface area contributed by atoms with E-state index in [1.165, 1.54) is 13.0 Å². The van der Waals surface area contributed by atoms with Crippen LogP contribution in [0.3, 0.4) is 0 Å². The molecule has 6 N–H and O–H groups in total. The highest BCUT2D eigenvalue weighted by atomic mass is 16.2. The number of carbonyl (C=O) groups excluding carboxylic acids is 2. The minimum absolute atomic E-state index is 0.111. The van der Waals surface area contributed by atoms with Crippen molar-refractivity contribution in [2.24, 2.45) is 11.5 Å². The van der Waals surface area contributed by atoms with Gasteiger partial charge in [-0.05, 0) is 12.1 Å². The van der Waals surface area contributed by atoms with Crippen molar-refractivity contribution in [1.29, 1.82) is 0 Å². The zero-order valence-electron chi connectivity index (χ0n) is 8.65. The Morgan fingerprint density at radius 3 is 2.62 bits per heavy atom. The average Bonchev–Trinajstić information content (AvgIpc) is 2.16. The molecule has 7 nitrogen and oxygen atoms in total. The van der Waals surface area contributed by atoms with Gasteiger partial charge in [0.25, 0.3) is 0 Å². The topological polar surface area (TPSA) is 125 Å². The lowest BCUT2D eigenvalue weighted by atomic mass is 10.3. The molecule has 0 radical (unpaired) electrons. The summed E-state index contributed by atoms with van der Waals surface area (Å²) in [6.07, 6.45) is 0. The highest BCUT2D eigenvalue weighted by molar-refractivity contribution is 5.90. The average molecular weight is 222 g/mol. The highest BCUT2D eigenvalue weighted by Gasteiger charge is 2.09. The lowest BCUT2D eigenvalue weighted by Gasteiger charge is -2.01. The van der Waals surface area contributed by atoms with Crippen LogP contribution in [0.5, 0.6) is 0 Å². The largest absolute Gasteiger partial charge is 0.346 e. The van der Waals surface area contributed by atoms with Crippen LogP contribution in [0, 0.1) is 0 Å². The number of amides is 2. The van der Waals surface area contributed by atoms with Crippen LogP contribution in [0.15, 0.2) is 18.2 Å². The molecule has 0 unspecified atom stereocenters. The molecule has 16 heavy (non-hydrogen) atoms. The molecule has 0 aliphatic carbocycles. The molecule has 1 aromatic rings. The fourth-order valence-corrected chi connectivity index (χ4v) is 1.01. The maximum absolute atomic E-state index is 11.4. The van der Waals surface area contributed by atoms with Crippen LogP contribution >= 0.6 is 0 Å². The number of aromatic nitrogens is 1. The molecule has 84 valence electrons. The minimum Gasteiger partial charge on any atom is -0.311 e. The van der Waals surface area contributed by atoms with Gasteiger partial charge >= 0.3 is 11.9 Å². The van der Waals surface area contributed by atoms with Crippen molar-refractivity contribution in [2.45, 2.75) is 6.92 Å². The van der Waals surface area contributed by atoms with Crippen molar-refractivity contribution < 1.29 is 14.6 Å². The summed E-state index contributed by atoms with van der Waals surface area (Å²) >= 11 is 0. The van der Waals surface area contributed by atoms with E-state index >= 15 is 0 Å². The van der Waals surface area contributed by atoms with Crippen molar-refractivity contribution in [3.05, 3.63) is 23.9 Å². The summed E-state index contributed by atoms with van der Waals surface area (Å²) in [5.41, 5.74) is 10.3. The number of hydrogen-bond acceptors (Lipinski definition) is 3. The molecule has 0 bridgehead atoms. The number of anilines is 1. The molecule has 0 atom stereocenters. The van der Waals surface area contributed by atoms with Gasteiger partial charge in [-0.1, -0.05) is 6.07 Å². The van der Waals surface area contributed by atoms with E-state index in [4.69, 9.17) is 11.5 Å². The fourth-order valence-electron chi connectivity index (χ4n) is 1.01. The summed E-state index contributed by atoms with van der Waals surface area (Å²) in [6.45, 7) is 1.35. The molecule has 7 heteroatoms. The second-order valence-electron chi connectivity index (χ2n) is 3.00. The standard InChI is InChI=1S/C9H11N5O2/c1-5(15)12-7-4-2-3-6(13-7)8(16)14-9(10)11/h2-4H,1H3,(H,12,13,15)(H4,10,11,14,16)/p+1. The zero-order valence-corrected chi connectivity index (χ0v) is 8.65. The Labute approximate surface area is 91.6 Å². The summed E-state index contributed by atoms with van der Waals surface area (Å²) in [4.78, 5) is 28.3. The lowest BCUT2D eigenvalue weighted by molar-refractivity contribution is -0.347. The summed E-state index contributed by atoms with van der Waals surface area (Å²) < 4.78 is 0. The van der Waals surface area contributed by atoms with Crippen molar-refractivity contribution in [3.63, 3.8) is 0 Å². The first kappa shape index (κ1) is 11.6. The number of rotatable bonds is 2. The third-order valence-corrected chi connectivity index (χ3v) is 1.54. The maximum Gasteiger partial charge on any atom is 0.346 e. The van der Waals surface area contributed by atoms with Crippen molar-refractivity contribution in [2.75, 3.05) is 5.32 Å². The van der Waals surface area contributed by atoms with Gasteiger partial charge in [0.2, 0.25) is 5.91 Å². The number of hydrogen-bond donors (Lipinski definition) is 4. The third kappa shape index (κ3) is 3.37. The van der Waals surface area contributed by atoms with E-state index < -0.39 is 5.91 Å². The van der Waals surface area contributed by atoms with Crippen LogP contribution in [0.25, 0.3) is 0 Å². The first-order valence-electron chi connectivity index (χ1n) is 4.43. The van der Waals surface area contributed by atoms with Gasteiger partial charge in [0.05, 0.1) is 0 Å². The zero-order chi connectivity index (χ0) is 12.1. The van der Waals surface area contributed by atoms with Crippen LogP contribution < -0.4 is 21.8 Å². The van der Waals surface area contributed by atoms with Gasteiger partial charge < -0.3 is 5.32 Å². The highest BCUT2D eigenvalue weighted by Crippen LogP contribution is 2.03. The van der Waals surface area contributed by atoms with Crippen LogP contribution in [-0.2, 0) is 4.79 Å². The Bertz CT molecular complexity index is 451. The molecular formula is C9H12N5O2+. The van der Waals surface area contributed by atoms with E-state index in [0.29, 0.717) is 0 Å². The molecule has 0 aliphatic rings. The normalized spacial score (nSPS) is 9.31. The number of nitrogens with two attached hydrogens (primary N) is 2. The molecule has 0 saturated heterocycles. The Morgan fingerprint density at radius 1 is 1.38 bits per heavy atom. The number of nitrogens with one attached hydrogen (secondary N) is 2. The first-order chi connectivity index (χ1) is 7.49. The smallest absolute Gasteiger partial charge is 0.311 e. The van der Waals surface area contributed by atoms with E-state index in [2.05, 4.69) is 15.3 Å².